The van der Waals surface area contributed by atoms with Crippen LogP contribution in [0.2, 0.25) is 0 Å². The molecule has 2 aromatic rings. The molecule has 0 bridgehead atoms. The summed E-state index contributed by atoms with van der Waals surface area (Å²) >= 11 is 0. The smallest absolute Gasteiger partial charge is 0.293 e. The summed E-state index contributed by atoms with van der Waals surface area (Å²) in [6.07, 6.45) is 4.67. The number of amides is 2. The average Bonchev–Trinajstić information content (AvgIpc) is 3.09. The summed E-state index contributed by atoms with van der Waals surface area (Å²) in [6, 6.07) is 10.6. The Bertz CT molecular complexity index is 739. The molecule has 3 rings (SSSR count). The number of carbonyl (C=O) groups is 2. The maximum Gasteiger partial charge on any atom is 0.293 e. The van der Waals surface area contributed by atoms with Crippen LogP contribution in [0.3, 0.4) is 0 Å². The molecule has 1 fully saturated rings. The molecular formula is C20H24N2O3. The lowest BCUT2D eigenvalue weighted by atomic mass is 10.0. The minimum Gasteiger partial charge on any atom is -0.459 e. The van der Waals surface area contributed by atoms with Gasteiger partial charge >= 0.3 is 0 Å². The quantitative estimate of drug-likeness (QED) is 0.853. The third-order valence-corrected chi connectivity index (χ3v) is 4.84. The number of hydrogen-bond acceptors (Lipinski definition) is 3. The predicted octanol–water partition coefficient (Wildman–Crippen LogP) is 3.82. The number of carbonyl (C=O) groups excluding carboxylic acids is 2. The first-order chi connectivity index (χ1) is 12.1. The number of rotatable bonds is 3. The average molecular weight is 340 g/mol. The van der Waals surface area contributed by atoms with Gasteiger partial charge in [-0.15, -0.1) is 0 Å². The molecule has 0 N–H and O–H groups in total. The van der Waals surface area contributed by atoms with Crippen LogP contribution in [0, 0.1) is 5.92 Å². The van der Waals surface area contributed by atoms with E-state index in [1.807, 2.05) is 17.0 Å². The van der Waals surface area contributed by atoms with Crippen molar-refractivity contribution in [1.29, 1.82) is 0 Å². The molecule has 1 unspecified atom stereocenters. The minimum atomic E-state index is -0.269. The van der Waals surface area contributed by atoms with Crippen molar-refractivity contribution in [3.8, 4) is 0 Å². The summed E-state index contributed by atoms with van der Waals surface area (Å²) in [5.74, 6) is 0.628. The third kappa shape index (κ3) is 3.76. The summed E-state index contributed by atoms with van der Waals surface area (Å²) in [7, 11) is 1.67. The van der Waals surface area contributed by atoms with E-state index in [1.54, 1.807) is 31.3 Å². The summed E-state index contributed by atoms with van der Waals surface area (Å²) in [4.78, 5) is 29.0. The van der Waals surface area contributed by atoms with E-state index in [1.165, 1.54) is 11.2 Å². The monoisotopic (exact) mass is 340 g/mol. The number of benzene rings is 1. The van der Waals surface area contributed by atoms with Gasteiger partial charge in [0.2, 0.25) is 0 Å². The SMILES string of the molecule is CC1CCCN(C(=O)c2ccccc2N(C)C(=O)c2ccco2)CC1. The van der Waals surface area contributed by atoms with E-state index in [0.29, 0.717) is 17.2 Å². The fourth-order valence-electron chi connectivity index (χ4n) is 3.26. The van der Waals surface area contributed by atoms with Crippen LogP contribution in [0.5, 0.6) is 0 Å². The molecule has 5 nitrogen and oxygen atoms in total. The van der Waals surface area contributed by atoms with Crippen LogP contribution in [-0.2, 0) is 0 Å². The van der Waals surface area contributed by atoms with Crippen molar-refractivity contribution >= 4 is 17.5 Å². The second-order valence-electron chi connectivity index (χ2n) is 6.69. The van der Waals surface area contributed by atoms with Crippen molar-refractivity contribution in [3.63, 3.8) is 0 Å². The Labute approximate surface area is 148 Å². The second-order valence-corrected chi connectivity index (χ2v) is 6.69. The number of hydrogen-bond donors (Lipinski definition) is 0. The number of likely N-dealkylation sites (tertiary alicyclic amines) is 1. The van der Waals surface area contributed by atoms with Crippen molar-refractivity contribution in [2.24, 2.45) is 5.92 Å². The van der Waals surface area contributed by atoms with Gasteiger partial charge in [0.05, 0.1) is 17.5 Å². The van der Waals surface area contributed by atoms with Gasteiger partial charge in [-0.3, -0.25) is 9.59 Å². The van der Waals surface area contributed by atoms with E-state index in [-0.39, 0.29) is 17.6 Å². The minimum absolute atomic E-state index is 0.0104. The van der Waals surface area contributed by atoms with Crippen LogP contribution in [0.4, 0.5) is 5.69 Å². The molecule has 1 atom stereocenters. The number of anilines is 1. The number of furan rings is 1. The molecule has 1 aliphatic heterocycles. The first kappa shape index (κ1) is 17.3. The van der Waals surface area contributed by atoms with Crippen LogP contribution < -0.4 is 4.90 Å². The lowest BCUT2D eigenvalue weighted by Gasteiger charge is -2.24. The Morgan fingerprint density at radius 3 is 2.68 bits per heavy atom. The number of nitrogens with zero attached hydrogens (tertiary/aromatic N) is 2. The van der Waals surface area contributed by atoms with Crippen molar-refractivity contribution in [2.75, 3.05) is 25.0 Å². The Morgan fingerprint density at radius 1 is 1.12 bits per heavy atom. The summed E-state index contributed by atoms with van der Waals surface area (Å²) in [5.41, 5.74) is 1.16. The molecule has 1 aliphatic rings. The van der Waals surface area contributed by atoms with Gasteiger partial charge in [0.15, 0.2) is 5.76 Å². The highest BCUT2D eigenvalue weighted by Crippen LogP contribution is 2.25. The highest BCUT2D eigenvalue weighted by atomic mass is 16.3. The largest absolute Gasteiger partial charge is 0.459 e. The molecule has 0 saturated carbocycles. The van der Waals surface area contributed by atoms with Crippen LogP contribution in [0.25, 0.3) is 0 Å². The third-order valence-electron chi connectivity index (χ3n) is 4.84. The molecule has 2 heterocycles. The molecule has 2 amide bonds. The summed E-state index contributed by atoms with van der Waals surface area (Å²) in [6.45, 7) is 3.77. The summed E-state index contributed by atoms with van der Waals surface area (Å²) in [5, 5.41) is 0. The first-order valence-corrected chi connectivity index (χ1v) is 8.78. The fourth-order valence-corrected chi connectivity index (χ4v) is 3.26. The zero-order valence-electron chi connectivity index (χ0n) is 14.8. The second kappa shape index (κ2) is 7.55. The van der Waals surface area contributed by atoms with E-state index in [0.717, 1.165) is 32.4 Å². The maximum absolute atomic E-state index is 13.1. The van der Waals surface area contributed by atoms with Gasteiger partial charge in [-0.2, -0.15) is 0 Å². The van der Waals surface area contributed by atoms with Gasteiger partial charge in [-0.1, -0.05) is 19.1 Å². The lowest BCUT2D eigenvalue weighted by Crippen LogP contribution is -2.34. The van der Waals surface area contributed by atoms with Gasteiger partial charge in [-0.05, 0) is 49.4 Å². The van der Waals surface area contributed by atoms with Crippen molar-refractivity contribution in [1.82, 2.24) is 4.90 Å². The van der Waals surface area contributed by atoms with Crippen LogP contribution in [0.15, 0.2) is 47.1 Å². The van der Waals surface area contributed by atoms with Crippen LogP contribution in [-0.4, -0.2) is 36.9 Å². The lowest BCUT2D eigenvalue weighted by molar-refractivity contribution is 0.0761. The molecule has 1 saturated heterocycles. The molecule has 25 heavy (non-hydrogen) atoms. The van der Waals surface area contributed by atoms with E-state index >= 15 is 0 Å². The van der Waals surface area contributed by atoms with Crippen molar-refractivity contribution < 1.29 is 14.0 Å². The van der Waals surface area contributed by atoms with Crippen LogP contribution in [0.1, 0.15) is 47.1 Å². The molecule has 0 spiro atoms. The van der Waals surface area contributed by atoms with Gasteiger partial charge in [0, 0.05) is 20.1 Å². The highest BCUT2D eigenvalue weighted by Gasteiger charge is 2.25. The van der Waals surface area contributed by atoms with Gasteiger partial charge in [-0.25, -0.2) is 0 Å². The predicted molar refractivity (Wildman–Crippen MR) is 96.8 cm³/mol. The standard InChI is InChI=1S/C20H24N2O3/c1-15-7-5-12-22(13-11-15)19(23)16-8-3-4-9-17(16)21(2)20(24)18-10-6-14-25-18/h3-4,6,8-10,14-15H,5,7,11-13H2,1-2H3. The fraction of sp³-hybridized carbons (Fsp3) is 0.400. The van der Waals surface area contributed by atoms with E-state index in [9.17, 15) is 9.59 Å². The zero-order valence-corrected chi connectivity index (χ0v) is 14.8. The molecule has 0 radical (unpaired) electrons. The Kier molecular flexibility index (Phi) is 5.22. The van der Waals surface area contributed by atoms with Gasteiger partial charge in [0.25, 0.3) is 11.8 Å². The number of para-hydroxylation sites is 1. The van der Waals surface area contributed by atoms with Crippen molar-refractivity contribution in [2.45, 2.75) is 26.2 Å². The normalized spacial score (nSPS) is 17.8. The molecule has 0 aliphatic carbocycles. The molecule has 5 heteroatoms. The van der Waals surface area contributed by atoms with E-state index < -0.39 is 0 Å². The van der Waals surface area contributed by atoms with Crippen LogP contribution >= 0.6 is 0 Å². The van der Waals surface area contributed by atoms with Crippen molar-refractivity contribution in [3.05, 3.63) is 54.0 Å². The molecule has 1 aromatic heterocycles. The maximum atomic E-state index is 13.1. The summed E-state index contributed by atoms with van der Waals surface area (Å²) < 4.78 is 5.20. The highest BCUT2D eigenvalue weighted by molar-refractivity contribution is 6.09. The Balaban J connectivity index is 1.85. The first-order valence-electron chi connectivity index (χ1n) is 8.78. The Hall–Kier alpha value is -2.56. The topological polar surface area (TPSA) is 53.8 Å². The van der Waals surface area contributed by atoms with E-state index in [2.05, 4.69) is 6.92 Å². The molecule has 132 valence electrons. The van der Waals surface area contributed by atoms with Gasteiger partial charge < -0.3 is 14.2 Å². The van der Waals surface area contributed by atoms with Gasteiger partial charge in [0.1, 0.15) is 0 Å². The Morgan fingerprint density at radius 2 is 1.92 bits per heavy atom. The molecular weight excluding hydrogens is 316 g/mol. The van der Waals surface area contributed by atoms with E-state index in [4.69, 9.17) is 4.42 Å². The molecule has 1 aromatic carbocycles. The zero-order chi connectivity index (χ0) is 17.8.